The first-order valence-corrected chi connectivity index (χ1v) is 9.05. The molecular formula is C22H20ClN3O3U. The summed E-state index contributed by atoms with van der Waals surface area (Å²) in [5, 5.41) is 3.82. The van der Waals surface area contributed by atoms with Crippen molar-refractivity contribution in [2.75, 3.05) is 0 Å². The van der Waals surface area contributed by atoms with Crippen LogP contribution in [0.4, 0.5) is 0 Å². The topological polar surface area (TPSA) is 69.0 Å². The number of fused-ring (bicyclic) bond motifs is 1. The van der Waals surface area contributed by atoms with Gasteiger partial charge in [0.1, 0.15) is 0 Å². The zero-order valence-electron chi connectivity index (χ0n) is 16.6. The number of rotatable bonds is 5. The molecule has 152 valence electrons. The Labute approximate surface area is 202 Å². The van der Waals surface area contributed by atoms with Gasteiger partial charge in [-0.1, -0.05) is 23.7 Å². The maximum Gasteiger partial charge on any atom is 2.00 e. The minimum Gasteiger partial charge on any atom is -0.373 e. The van der Waals surface area contributed by atoms with Crippen LogP contribution in [0.5, 0.6) is 0 Å². The van der Waals surface area contributed by atoms with Crippen molar-refractivity contribution in [2.45, 2.75) is 13.2 Å². The zero-order valence-corrected chi connectivity index (χ0v) is 21.5. The van der Waals surface area contributed by atoms with Gasteiger partial charge in [0.05, 0.1) is 40.5 Å². The van der Waals surface area contributed by atoms with Crippen LogP contribution in [0.15, 0.2) is 64.2 Å². The summed E-state index contributed by atoms with van der Waals surface area (Å²) < 4.78 is 8.57. The van der Waals surface area contributed by atoms with Crippen LogP contribution in [0, 0.1) is 44.6 Å². The smallest absolute Gasteiger partial charge is 0.373 e. The van der Waals surface area contributed by atoms with Crippen molar-refractivity contribution >= 4 is 22.5 Å². The number of hydrogen-bond donors (Lipinski definition) is 1. The zero-order chi connectivity index (χ0) is 19.7. The van der Waals surface area contributed by atoms with Crippen molar-refractivity contribution in [3.8, 4) is 5.69 Å². The average Bonchev–Trinajstić information content (AvgIpc) is 3.02. The summed E-state index contributed by atoms with van der Waals surface area (Å²) in [4.78, 5) is 25.5. The van der Waals surface area contributed by atoms with E-state index in [0.717, 1.165) is 5.56 Å². The number of para-hydroxylation sites is 1. The van der Waals surface area contributed by atoms with Gasteiger partial charge < -0.3 is 16.7 Å². The molecule has 0 unspecified atom stereocenters. The second-order valence-corrected chi connectivity index (χ2v) is 6.79. The molecule has 30 heavy (non-hydrogen) atoms. The second-order valence-electron chi connectivity index (χ2n) is 6.38. The van der Waals surface area contributed by atoms with E-state index in [1.807, 2.05) is 24.3 Å². The molecule has 0 atom stereocenters. The van der Waals surface area contributed by atoms with E-state index in [4.69, 9.17) is 16.3 Å². The van der Waals surface area contributed by atoms with Crippen LogP contribution in [-0.2, 0) is 25.0 Å². The van der Waals surface area contributed by atoms with E-state index in [9.17, 15) is 9.59 Å². The first kappa shape index (κ1) is 24.2. The van der Waals surface area contributed by atoms with Crippen molar-refractivity contribution in [2.24, 2.45) is 7.05 Å². The summed E-state index contributed by atoms with van der Waals surface area (Å²) in [6.07, 6.45) is 0. The Morgan fingerprint density at radius 2 is 1.80 bits per heavy atom. The van der Waals surface area contributed by atoms with Crippen molar-refractivity contribution < 1.29 is 35.9 Å². The van der Waals surface area contributed by atoms with Gasteiger partial charge in [-0.15, -0.1) is 5.56 Å². The minimum absolute atomic E-state index is 0. The molecule has 4 rings (SSSR count). The monoisotopic (exact) mass is 647 g/mol. The van der Waals surface area contributed by atoms with Crippen molar-refractivity contribution in [1.29, 1.82) is 0 Å². The Hall–Kier alpha value is -2.04. The predicted octanol–water partition coefficient (Wildman–Crippen LogP) is 3.64. The number of H-pyrrole nitrogens is 1. The molecule has 0 spiro atoms. The number of nitrogens with zero attached hydrogens (tertiary/aromatic N) is 2. The number of pyridine rings is 1. The van der Waals surface area contributed by atoms with Gasteiger partial charge in [0, 0.05) is 13.1 Å². The summed E-state index contributed by atoms with van der Waals surface area (Å²) in [7, 11) is 1.63. The third kappa shape index (κ3) is 4.65. The average molecular weight is 648 g/mol. The number of nitrogens with one attached hydrogen (secondary N) is 1. The number of halogens is 1. The van der Waals surface area contributed by atoms with Gasteiger partial charge >= 0.3 is 31.1 Å². The van der Waals surface area contributed by atoms with Crippen LogP contribution in [-0.4, -0.2) is 14.3 Å². The summed E-state index contributed by atoms with van der Waals surface area (Å²) in [6, 6.07) is 18.8. The maximum absolute atomic E-state index is 13.1. The Bertz CT molecular complexity index is 1260. The molecule has 0 aliphatic heterocycles. The molecule has 2 aromatic carbocycles. The van der Waals surface area contributed by atoms with Gasteiger partial charge in [0.15, 0.2) is 0 Å². The van der Waals surface area contributed by atoms with E-state index in [1.165, 1.54) is 15.3 Å². The van der Waals surface area contributed by atoms with E-state index >= 15 is 0 Å². The van der Waals surface area contributed by atoms with Crippen LogP contribution in [0.3, 0.4) is 0 Å². The van der Waals surface area contributed by atoms with E-state index < -0.39 is 0 Å². The van der Waals surface area contributed by atoms with Crippen molar-refractivity contribution in [3.05, 3.63) is 105 Å². The van der Waals surface area contributed by atoms with Gasteiger partial charge in [-0.2, -0.15) is 30.3 Å². The Kier molecular flexibility index (Phi) is 8.34. The van der Waals surface area contributed by atoms with E-state index in [1.54, 1.807) is 31.3 Å². The fraction of sp³-hybridized carbons (Fsp3) is 0.136. The van der Waals surface area contributed by atoms with Gasteiger partial charge in [-0.25, -0.2) is 4.68 Å². The van der Waals surface area contributed by atoms with E-state index in [0.29, 0.717) is 33.9 Å². The summed E-state index contributed by atoms with van der Waals surface area (Å²) in [6.45, 7) is 0.486. The normalized spacial score (nSPS) is 10.5. The molecule has 8 heteroatoms. The number of hydrogen-bond acceptors (Lipinski definition) is 3. The fourth-order valence-electron chi connectivity index (χ4n) is 3.11. The van der Waals surface area contributed by atoms with Crippen LogP contribution in [0.25, 0.3) is 16.6 Å². The molecule has 2 aromatic heterocycles. The standard InChI is InChI=1S/C21H17ClN3O3.CH3.U/c1-24-18(13-28-12-14-7-3-2-4-8-14)20-16(11-19(24)26)23-25(21(20)27)17-10-6-5-9-15(17)22;;/h3-11,23H,12-13H2,1H3;1H3;/q2*-1;+2. The Morgan fingerprint density at radius 1 is 1.10 bits per heavy atom. The Morgan fingerprint density at radius 3 is 2.50 bits per heavy atom. The van der Waals surface area contributed by atoms with Crippen molar-refractivity contribution in [1.82, 2.24) is 14.3 Å². The fourth-order valence-corrected chi connectivity index (χ4v) is 3.33. The van der Waals surface area contributed by atoms with E-state index in [-0.39, 0.29) is 56.3 Å². The third-order valence-corrected chi connectivity index (χ3v) is 4.92. The first-order valence-electron chi connectivity index (χ1n) is 8.67. The molecule has 0 saturated heterocycles. The van der Waals surface area contributed by atoms with E-state index in [2.05, 4.69) is 11.2 Å². The molecule has 0 fully saturated rings. The number of ether oxygens (including phenoxy) is 1. The van der Waals surface area contributed by atoms with Crippen LogP contribution in [0.2, 0.25) is 5.02 Å². The van der Waals surface area contributed by atoms with Crippen LogP contribution < -0.4 is 11.1 Å². The van der Waals surface area contributed by atoms with Gasteiger partial charge in [-0.3, -0.25) is 14.7 Å². The molecule has 1 N–H and O–H groups in total. The van der Waals surface area contributed by atoms with Gasteiger partial charge in [0.25, 0.3) is 11.1 Å². The van der Waals surface area contributed by atoms with Gasteiger partial charge in [-0.05, 0) is 12.1 Å². The molecule has 0 bridgehead atoms. The quantitative estimate of drug-likeness (QED) is 0.337. The molecule has 0 amide bonds. The summed E-state index contributed by atoms with van der Waals surface area (Å²) in [5.41, 5.74) is 1.95. The largest absolute Gasteiger partial charge is 2.00 e. The molecule has 0 radical (unpaired) electrons. The summed E-state index contributed by atoms with van der Waals surface area (Å²) >= 11 is 6.24. The molecule has 2 heterocycles. The molecule has 0 aliphatic carbocycles. The summed E-state index contributed by atoms with van der Waals surface area (Å²) in [5.74, 6) is 0. The SMILES string of the molecule is Cn1c(COCc2cc[c-]cc2)c2c(=O)n(-c3ccccc3Cl)[nH]c2cc1=O.[CH3-].[U+2]. The first-order chi connectivity index (χ1) is 13.6. The molecular weight excluding hydrogens is 628 g/mol. The van der Waals surface area contributed by atoms with Crippen LogP contribution in [0.1, 0.15) is 11.3 Å². The van der Waals surface area contributed by atoms with Crippen molar-refractivity contribution in [3.63, 3.8) is 0 Å². The molecule has 6 nitrogen and oxygen atoms in total. The van der Waals surface area contributed by atoms with Gasteiger partial charge in [0.2, 0.25) is 0 Å². The van der Waals surface area contributed by atoms with Crippen LogP contribution >= 0.6 is 11.6 Å². The molecule has 4 aromatic rings. The predicted molar refractivity (Wildman–Crippen MR) is 114 cm³/mol. The minimum atomic E-state index is -0.286. The molecule has 0 aliphatic rings. The number of aromatic amines is 1. The number of benzene rings is 2. The molecule has 0 saturated carbocycles. The maximum atomic E-state index is 13.1. The second kappa shape index (κ2) is 10.3. The number of aromatic nitrogens is 3. The third-order valence-electron chi connectivity index (χ3n) is 4.60. The Balaban J connectivity index is 0.00000160.